The first kappa shape index (κ1) is 16.5. The number of benzene rings is 1. The van der Waals surface area contributed by atoms with Crippen molar-refractivity contribution in [2.45, 2.75) is 33.3 Å². The molecule has 1 N–H and O–H groups in total. The zero-order valence-electron chi connectivity index (χ0n) is 9.85. The van der Waals surface area contributed by atoms with Crippen molar-refractivity contribution in [1.82, 2.24) is 0 Å². The molecule has 0 heterocycles. The molecule has 0 spiro atoms. The molecule has 0 aliphatic rings. The molecule has 6 heteroatoms. The molecule has 0 aromatic heterocycles. The molecule has 0 radical (unpaired) electrons. The van der Waals surface area contributed by atoms with E-state index in [4.69, 9.17) is 5.11 Å². The van der Waals surface area contributed by atoms with Crippen LogP contribution in [0, 0.1) is 0 Å². The highest BCUT2D eigenvalue weighted by molar-refractivity contribution is 9.10. The van der Waals surface area contributed by atoms with Gasteiger partial charge in [0.25, 0.3) is 0 Å². The normalized spacial score (nSPS) is 10.3. The summed E-state index contributed by atoms with van der Waals surface area (Å²) < 4.78 is 15.5. The van der Waals surface area contributed by atoms with Gasteiger partial charge in [0.05, 0.1) is 6.61 Å². The lowest BCUT2D eigenvalue weighted by atomic mass is 10.2. The molecule has 0 amide bonds. The van der Waals surface area contributed by atoms with Crippen LogP contribution in [0.3, 0.4) is 0 Å². The van der Waals surface area contributed by atoms with E-state index in [1.165, 1.54) is 18.9 Å². The summed E-state index contributed by atoms with van der Waals surface area (Å²) in [5, 5.41) is 8.86. The Hall–Kier alpha value is -0.480. The van der Waals surface area contributed by atoms with E-state index in [0.717, 1.165) is 4.47 Å². The monoisotopic (exact) mass is 322 g/mol. The van der Waals surface area contributed by atoms with Crippen molar-refractivity contribution in [3.05, 3.63) is 28.2 Å². The second-order valence-corrected chi connectivity index (χ2v) is 4.77. The van der Waals surface area contributed by atoms with Gasteiger partial charge in [-0.2, -0.15) is 0 Å². The highest BCUT2D eigenvalue weighted by Gasteiger charge is 2.10. The molecule has 17 heavy (non-hydrogen) atoms. The zero-order chi connectivity index (χ0) is 13.3. The Balaban J connectivity index is 0.000000557. The van der Waals surface area contributed by atoms with Crippen molar-refractivity contribution in [3.8, 4) is 5.75 Å². The summed E-state index contributed by atoms with van der Waals surface area (Å²) in [7, 11) is -2.93. The van der Waals surface area contributed by atoms with E-state index < -0.39 is 8.25 Å². The Morgan fingerprint density at radius 2 is 2.00 bits per heavy atom. The predicted molar refractivity (Wildman–Crippen MR) is 68.9 cm³/mol. The van der Waals surface area contributed by atoms with Gasteiger partial charge in [-0.3, -0.25) is 4.52 Å². The van der Waals surface area contributed by atoms with Crippen LogP contribution in [0.1, 0.15) is 32.3 Å². The summed E-state index contributed by atoms with van der Waals surface area (Å²) in [4.78, 5) is 10.2. The van der Waals surface area contributed by atoms with Gasteiger partial charge in [0.2, 0.25) is 0 Å². The van der Waals surface area contributed by atoms with Gasteiger partial charge in [-0.25, -0.2) is 0 Å². The molecule has 1 aromatic carbocycles. The van der Waals surface area contributed by atoms with Gasteiger partial charge in [0.15, 0.2) is 5.75 Å². The molecule has 96 valence electrons. The molecule has 0 saturated heterocycles. The Bertz CT molecular complexity index is 355. The van der Waals surface area contributed by atoms with Crippen molar-refractivity contribution >= 4 is 24.2 Å². The average Bonchev–Trinajstić information content (AvgIpc) is 2.31. The van der Waals surface area contributed by atoms with Gasteiger partial charge in [-0.1, -0.05) is 42.6 Å². The first-order valence-corrected chi connectivity index (χ1v) is 7.15. The van der Waals surface area contributed by atoms with E-state index in [1.807, 2.05) is 0 Å². The molecule has 1 rings (SSSR count). The van der Waals surface area contributed by atoms with E-state index in [9.17, 15) is 9.46 Å². The summed E-state index contributed by atoms with van der Waals surface area (Å²) >= 11 is 3.19. The van der Waals surface area contributed by atoms with Gasteiger partial charge < -0.3 is 10.00 Å². The van der Waals surface area contributed by atoms with Crippen molar-refractivity contribution in [2.24, 2.45) is 0 Å². The van der Waals surface area contributed by atoms with Crippen molar-refractivity contribution in [1.29, 1.82) is 0 Å². The number of unbranched alkanes of at least 4 members (excludes halogenated alkanes) is 1. The fourth-order valence-electron chi connectivity index (χ4n) is 0.841. The number of aliphatic hydroxyl groups excluding tert-OH is 1. The summed E-state index contributed by atoms with van der Waals surface area (Å²) in [6, 6.07) is 4.70. The lowest BCUT2D eigenvalue weighted by molar-refractivity contribution is -0.178. The van der Waals surface area contributed by atoms with Crippen LogP contribution in [0.2, 0.25) is 0 Å². The third-order valence-corrected chi connectivity index (χ3v) is 2.70. The maximum absolute atomic E-state index is 10.2. The first-order valence-electron chi connectivity index (χ1n) is 5.26. The largest absolute Gasteiger partial charge is 0.558 e. The number of halogens is 1. The number of rotatable bonds is 4. The second kappa shape index (κ2) is 9.54. The molecule has 1 unspecified atom stereocenters. The molecule has 1 aromatic rings. The van der Waals surface area contributed by atoms with E-state index in [0.29, 0.717) is 5.56 Å². The quantitative estimate of drug-likeness (QED) is 0.864. The predicted octanol–water partition coefficient (Wildman–Crippen LogP) is 3.14. The maximum Gasteiger partial charge on any atom is 0.539 e. The fraction of sp³-hybridized carbons (Fsp3) is 0.455. The summed E-state index contributed by atoms with van der Waals surface area (Å²) in [6.07, 6.45) is 2.64. The number of aliphatic hydroxyl groups is 1. The van der Waals surface area contributed by atoms with Crippen LogP contribution in [0.5, 0.6) is 5.75 Å². The third kappa shape index (κ3) is 7.45. The molecule has 0 fully saturated rings. The maximum atomic E-state index is 10.2. The fourth-order valence-corrected chi connectivity index (χ4v) is 1.59. The van der Waals surface area contributed by atoms with Crippen LogP contribution in [-0.4, -0.2) is 5.11 Å². The summed E-state index contributed by atoms with van der Waals surface area (Å²) in [5.41, 5.74) is 0.425. The first-order chi connectivity index (χ1) is 8.04. The highest BCUT2D eigenvalue weighted by atomic mass is 79.9. The van der Waals surface area contributed by atoms with Gasteiger partial charge in [0, 0.05) is 10.0 Å². The molecule has 0 aliphatic carbocycles. The molecular weight excluding hydrogens is 307 g/mol. The average molecular weight is 323 g/mol. The van der Waals surface area contributed by atoms with Crippen LogP contribution >= 0.6 is 24.2 Å². The van der Waals surface area contributed by atoms with Gasteiger partial charge >= 0.3 is 8.25 Å². The number of hydrogen-bond acceptors (Lipinski definition) is 4. The Morgan fingerprint density at radius 3 is 2.41 bits per heavy atom. The zero-order valence-corrected chi connectivity index (χ0v) is 12.3. The summed E-state index contributed by atoms with van der Waals surface area (Å²) in [6.45, 7) is 4.10. The van der Waals surface area contributed by atoms with Crippen LogP contribution in [-0.2, 0) is 11.2 Å². The second-order valence-electron chi connectivity index (χ2n) is 3.23. The standard InChI is InChI=1S/C7H6BrO4P.C4H10/c8-6-1-2-7(12-13(10)11)5(3-6)4-9;1-3-4-2/h1-3,9H,4H2;3-4H2,1-2H3. The third-order valence-electron chi connectivity index (χ3n) is 1.87. The Labute approximate surface area is 111 Å². The van der Waals surface area contributed by atoms with E-state index in [1.54, 1.807) is 12.1 Å². The van der Waals surface area contributed by atoms with Gasteiger partial charge in [-0.15, -0.1) is 0 Å². The lowest BCUT2D eigenvalue weighted by Gasteiger charge is -2.01. The lowest BCUT2D eigenvalue weighted by Crippen LogP contribution is -1.96. The summed E-state index contributed by atoms with van der Waals surface area (Å²) in [5.74, 6) is 0.154. The van der Waals surface area contributed by atoms with E-state index in [2.05, 4.69) is 34.3 Å². The van der Waals surface area contributed by atoms with Gasteiger partial charge in [0.1, 0.15) is 0 Å². The van der Waals surface area contributed by atoms with Crippen LogP contribution in [0.25, 0.3) is 0 Å². The minimum absolute atomic E-state index is 0.154. The molecule has 4 nitrogen and oxygen atoms in total. The van der Waals surface area contributed by atoms with E-state index in [-0.39, 0.29) is 12.4 Å². The Morgan fingerprint density at radius 1 is 1.41 bits per heavy atom. The molecule has 1 atom stereocenters. The SMILES string of the molecule is CCCC.O=[P+]([O-])Oc1ccc(Br)cc1CO. The molecular formula is C11H16BrO4P. The number of hydrogen-bond donors (Lipinski definition) is 1. The van der Waals surface area contributed by atoms with Crippen molar-refractivity contribution in [3.63, 3.8) is 0 Å². The smallest absolute Gasteiger partial charge is 0.539 e. The minimum Gasteiger partial charge on any atom is -0.558 e. The van der Waals surface area contributed by atoms with Crippen LogP contribution in [0.15, 0.2) is 22.7 Å². The minimum atomic E-state index is -2.93. The topological polar surface area (TPSA) is 69.6 Å². The van der Waals surface area contributed by atoms with Gasteiger partial charge in [-0.05, 0) is 22.8 Å². The van der Waals surface area contributed by atoms with Crippen LogP contribution in [0.4, 0.5) is 0 Å². The molecule has 0 aliphatic heterocycles. The molecule has 0 bridgehead atoms. The van der Waals surface area contributed by atoms with Crippen LogP contribution < -0.4 is 9.42 Å². The highest BCUT2D eigenvalue weighted by Crippen LogP contribution is 2.27. The van der Waals surface area contributed by atoms with E-state index >= 15 is 0 Å². The Kier molecular flexibility index (Phi) is 9.27. The van der Waals surface area contributed by atoms with Crippen molar-refractivity contribution in [2.75, 3.05) is 0 Å². The molecule has 0 saturated carbocycles. The van der Waals surface area contributed by atoms with Crippen molar-refractivity contribution < 1.29 is 19.1 Å².